The number of carbonyl (C=O) groups is 2. The van der Waals surface area contributed by atoms with Gasteiger partial charge in [-0.3, -0.25) is 9.59 Å². The predicted octanol–water partition coefficient (Wildman–Crippen LogP) is 5.05. The van der Waals surface area contributed by atoms with Crippen LogP contribution in [-0.4, -0.2) is 11.6 Å². The summed E-state index contributed by atoms with van der Waals surface area (Å²) in [6.45, 7) is 3.70. The van der Waals surface area contributed by atoms with Gasteiger partial charge >= 0.3 is 0 Å². The quantitative estimate of drug-likeness (QED) is 0.724. The Morgan fingerprint density at radius 3 is 1.91 bits per heavy atom. The van der Waals surface area contributed by atoms with Crippen molar-refractivity contribution in [3.63, 3.8) is 0 Å². The number of Topliss-reactive ketones (excluding diaryl/α,β-unsaturated/α-hetero) is 2. The van der Waals surface area contributed by atoms with Crippen molar-refractivity contribution in [3.05, 3.63) is 71.8 Å². The maximum Gasteiger partial charge on any atom is 0.159 e. The molecule has 1 atom stereocenters. The fraction of sp³-hybridized carbons (Fsp3) is 0.333. The predicted molar refractivity (Wildman–Crippen MR) is 93.7 cm³/mol. The summed E-state index contributed by atoms with van der Waals surface area (Å²) < 4.78 is 0. The highest BCUT2D eigenvalue weighted by Crippen LogP contribution is 2.33. The molecule has 1 fully saturated rings. The Bertz CT molecular complexity index is 627. The lowest BCUT2D eigenvalue weighted by molar-refractivity contribution is -0.120. The monoisotopic (exact) mass is 308 g/mol. The topological polar surface area (TPSA) is 34.1 Å². The van der Waals surface area contributed by atoms with Crippen molar-refractivity contribution in [1.29, 1.82) is 0 Å². The van der Waals surface area contributed by atoms with E-state index in [-0.39, 0.29) is 5.78 Å². The van der Waals surface area contributed by atoms with Crippen LogP contribution in [0.15, 0.2) is 60.7 Å². The van der Waals surface area contributed by atoms with Crippen LogP contribution in [0.2, 0.25) is 0 Å². The molecular weight excluding hydrogens is 284 g/mol. The first-order chi connectivity index (χ1) is 11.1. The highest BCUT2D eigenvalue weighted by atomic mass is 16.1. The second-order valence-electron chi connectivity index (χ2n) is 6.18. The van der Waals surface area contributed by atoms with Gasteiger partial charge in [-0.15, -0.1) is 0 Å². The third-order valence-corrected chi connectivity index (χ3v) is 4.09. The van der Waals surface area contributed by atoms with E-state index in [0.717, 1.165) is 18.4 Å². The van der Waals surface area contributed by atoms with E-state index < -0.39 is 0 Å². The van der Waals surface area contributed by atoms with Gasteiger partial charge in [0.2, 0.25) is 0 Å². The fourth-order valence-electron chi connectivity index (χ4n) is 2.45. The molecule has 23 heavy (non-hydrogen) atoms. The van der Waals surface area contributed by atoms with Gasteiger partial charge in [0, 0.05) is 17.9 Å². The molecule has 0 aliphatic heterocycles. The molecule has 2 aromatic rings. The standard InChI is InChI=1S/C13H16O.C8H8O/c1-10(9-13(14)12-7-8-12)11-5-3-2-4-6-11;1-7(9)8-5-3-2-4-6-8/h2-6,10,12H,7-9H2,1H3;2-6H,1H3. The van der Waals surface area contributed by atoms with Gasteiger partial charge in [-0.2, -0.15) is 0 Å². The first kappa shape index (κ1) is 17.1. The van der Waals surface area contributed by atoms with Crippen LogP contribution in [0.25, 0.3) is 0 Å². The number of carbonyl (C=O) groups excluding carboxylic acids is 2. The second kappa shape index (κ2) is 8.42. The summed E-state index contributed by atoms with van der Waals surface area (Å²) in [6, 6.07) is 19.5. The van der Waals surface area contributed by atoms with Gasteiger partial charge in [0.25, 0.3) is 0 Å². The van der Waals surface area contributed by atoms with Crippen LogP contribution in [0.5, 0.6) is 0 Å². The third kappa shape index (κ3) is 5.82. The van der Waals surface area contributed by atoms with E-state index in [0.29, 0.717) is 24.0 Å². The summed E-state index contributed by atoms with van der Waals surface area (Å²) in [4.78, 5) is 22.2. The van der Waals surface area contributed by atoms with E-state index in [1.165, 1.54) is 5.56 Å². The first-order valence-electron chi connectivity index (χ1n) is 8.21. The maximum absolute atomic E-state index is 11.6. The molecule has 0 aromatic heterocycles. The normalized spacial score (nSPS) is 14.3. The number of benzene rings is 2. The highest BCUT2D eigenvalue weighted by Gasteiger charge is 2.30. The number of ketones is 2. The van der Waals surface area contributed by atoms with E-state index in [1.807, 2.05) is 48.5 Å². The Morgan fingerprint density at radius 2 is 1.48 bits per heavy atom. The molecule has 2 nitrogen and oxygen atoms in total. The molecular formula is C21H24O2. The first-order valence-corrected chi connectivity index (χ1v) is 8.21. The Labute approximate surface area is 138 Å². The smallest absolute Gasteiger partial charge is 0.159 e. The van der Waals surface area contributed by atoms with E-state index in [2.05, 4.69) is 19.1 Å². The summed E-state index contributed by atoms with van der Waals surface area (Å²) in [7, 11) is 0. The average Bonchev–Trinajstić information content (AvgIpc) is 3.42. The summed E-state index contributed by atoms with van der Waals surface area (Å²) in [5.74, 6) is 1.36. The van der Waals surface area contributed by atoms with Gasteiger partial charge in [-0.05, 0) is 31.2 Å². The van der Waals surface area contributed by atoms with Crippen LogP contribution < -0.4 is 0 Å². The Kier molecular flexibility index (Phi) is 6.28. The molecule has 0 bridgehead atoms. The van der Waals surface area contributed by atoms with Crippen molar-refractivity contribution < 1.29 is 9.59 Å². The van der Waals surface area contributed by atoms with Gasteiger partial charge in [-0.25, -0.2) is 0 Å². The van der Waals surface area contributed by atoms with Gasteiger partial charge in [0.1, 0.15) is 5.78 Å². The molecule has 0 heterocycles. The highest BCUT2D eigenvalue weighted by molar-refractivity contribution is 5.93. The molecule has 1 aliphatic carbocycles. The molecule has 0 spiro atoms. The molecule has 0 N–H and O–H groups in total. The lowest BCUT2D eigenvalue weighted by atomic mass is 9.94. The largest absolute Gasteiger partial charge is 0.299 e. The molecule has 0 radical (unpaired) electrons. The molecule has 1 unspecified atom stereocenters. The van der Waals surface area contributed by atoms with Crippen molar-refractivity contribution in [1.82, 2.24) is 0 Å². The zero-order valence-electron chi connectivity index (χ0n) is 13.9. The minimum absolute atomic E-state index is 0.121. The minimum atomic E-state index is 0.121. The van der Waals surface area contributed by atoms with Crippen LogP contribution in [0.1, 0.15) is 54.9 Å². The van der Waals surface area contributed by atoms with Crippen LogP contribution in [0, 0.1) is 5.92 Å². The van der Waals surface area contributed by atoms with Crippen LogP contribution in [0.4, 0.5) is 0 Å². The maximum atomic E-state index is 11.6. The summed E-state index contributed by atoms with van der Waals surface area (Å²) >= 11 is 0. The van der Waals surface area contributed by atoms with Crippen molar-refractivity contribution in [3.8, 4) is 0 Å². The van der Waals surface area contributed by atoms with Crippen LogP contribution in [0.3, 0.4) is 0 Å². The molecule has 1 aliphatic rings. The molecule has 3 rings (SSSR count). The fourth-order valence-corrected chi connectivity index (χ4v) is 2.45. The number of rotatable bonds is 5. The van der Waals surface area contributed by atoms with Crippen LogP contribution in [-0.2, 0) is 4.79 Å². The zero-order chi connectivity index (χ0) is 16.7. The van der Waals surface area contributed by atoms with E-state index in [1.54, 1.807) is 6.92 Å². The lowest BCUT2D eigenvalue weighted by Gasteiger charge is -2.10. The molecule has 1 saturated carbocycles. The van der Waals surface area contributed by atoms with Crippen molar-refractivity contribution >= 4 is 11.6 Å². The Balaban J connectivity index is 0.000000185. The van der Waals surface area contributed by atoms with Gasteiger partial charge in [0.15, 0.2) is 5.78 Å². The van der Waals surface area contributed by atoms with Crippen molar-refractivity contribution in [2.45, 2.75) is 39.0 Å². The lowest BCUT2D eigenvalue weighted by Crippen LogP contribution is -2.05. The molecule has 2 aromatic carbocycles. The van der Waals surface area contributed by atoms with E-state index in [4.69, 9.17) is 0 Å². The van der Waals surface area contributed by atoms with E-state index in [9.17, 15) is 9.59 Å². The molecule has 2 heteroatoms. The van der Waals surface area contributed by atoms with Crippen molar-refractivity contribution in [2.75, 3.05) is 0 Å². The second-order valence-corrected chi connectivity index (χ2v) is 6.18. The summed E-state index contributed by atoms with van der Waals surface area (Å²) in [6.07, 6.45) is 2.97. The molecule has 0 amide bonds. The van der Waals surface area contributed by atoms with Gasteiger partial charge in [-0.1, -0.05) is 67.6 Å². The number of hydrogen-bond donors (Lipinski definition) is 0. The Morgan fingerprint density at radius 1 is 0.957 bits per heavy atom. The zero-order valence-corrected chi connectivity index (χ0v) is 13.9. The molecule has 0 saturated heterocycles. The van der Waals surface area contributed by atoms with E-state index >= 15 is 0 Å². The van der Waals surface area contributed by atoms with Crippen LogP contribution >= 0.6 is 0 Å². The Hall–Kier alpha value is -2.22. The van der Waals surface area contributed by atoms with Gasteiger partial charge < -0.3 is 0 Å². The SMILES string of the molecule is CC(=O)c1ccccc1.CC(CC(=O)C1CC1)c1ccccc1. The van der Waals surface area contributed by atoms with Crippen molar-refractivity contribution in [2.24, 2.45) is 5.92 Å². The number of hydrogen-bond acceptors (Lipinski definition) is 2. The van der Waals surface area contributed by atoms with Gasteiger partial charge in [0.05, 0.1) is 0 Å². The average molecular weight is 308 g/mol. The summed E-state index contributed by atoms with van der Waals surface area (Å²) in [5.41, 5.74) is 2.05. The third-order valence-electron chi connectivity index (χ3n) is 4.09. The minimum Gasteiger partial charge on any atom is -0.299 e. The summed E-state index contributed by atoms with van der Waals surface area (Å²) in [5, 5.41) is 0. The molecule has 120 valence electrons.